The lowest BCUT2D eigenvalue weighted by molar-refractivity contribution is -0.273. The van der Waals surface area contributed by atoms with Crippen molar-refractivity contribution in [2.45, 2.75) is 12.4 Å². The molecule has 0 heterocycles. The van der Waals surface area contributed by atoms with E-state index in [1.807, 2.05) is 0 Å². The average Bonchev–Trinajstić information content (AvgIpc) is 2.25. The second-order valence-corrected chi connectivity index (χ2v) is 4.01. The smallest absolute Gasteiger partial charge is 0.399 e. The third-order valence-electron chi connectivity index (χ3n) is 2.51. The maximum absolute atomic E-state index is 12.4. The first-order valence-corrected chi connectivity index (χ1v) is 5.21. The monoisotopic (exact) mass is 300 g/mol. The standard InChI is InChI=1S/C11H10F6N2O/c1-19(7-4-2-6(18)3-5-7)9(20)8(10(12,13)14)11(15,16)17/h2-5,8H,18H2,1H3. The summed E-state index contributed by atoms with van der Waals surface area (Å²) in [6.45, 7) is 0. The predicted molar refractivity (Wildman–Crippen MR) is 59.9 cm³/mol. The van der Waals surface area contributed by atoms with Gasteiger partial charge in [0.05, 0.1) is 0 Å². The predicted octanol–water partition coefficient (Wildman–Crippen LogP) is 2.97. The second-order valence-electron chi connectivity index (χ2n) is 4.01. The summed E-state index contributed by atoms with van der Waals surface area (Å²) in [5.41, 5.74) is 5.48. The molecule has 1 amide bonds. The van der Waals surface area contributed by atoms with Gasteiger partial charge in [0.25, 0.3) is 0 Å². The molecule has 1 aromatic rings. The van der Waals surface area contributed by atoms with Crippen molar-refractivity contribution in [1.82, 2.24) is 0 Å². The van der Waals surface area contributed by atoms with E-state index in [0.717, 1.165) is 19.2 Å². The molecule has 3 nitrogen and oxygen atoms in total. The van der Waals surface area contributed by atoms with Crippen molar-refractivity contribution in [3.05, 3.63) is 24.3 Å². The molecule has 0 fully saturated rings. The highest BCUT2D eigenvalue weighted by atomic mass is 19.4. The van der Waals surface area contributed by atoms with Gasteiger partial charge in [-0.3, -0.25) is 4.79 Å². The third-order valence-corrected chi connectivity index (χ3v) is 2.51. The summed E-state index contributed by atoms with van der Waals surface area (Å²) >= 11 is 0. The molecular formula is C11H10F6N2O. The van der Waals surface area contributed by atoms with Gasteiger partial charge in [-0.1, -0.05) is 0 Å². The molecule has 0 atom stereocenters. The minimum Gasteiger partial charge on any atom is -0.399 e. The number of amides is 1. The van der Waals surface area contributed by atoms with E-state index >= 15 is 0 Å². The molecule has 0 aliphatic rings. The van der Waals surface area contributed by atoms with Crippen LogP contribution in [0.25, 0.3) is 0 Å². The van der Waals surface area contributed by atoms with Gasteiger partial charge >= 0.3 is 12.4 Å². The van der Waals surface area contributed by atoms with Gasteiger partial charge in [-0.25, -0.2) is 0 Å². The molecule has 0 bridgehead atoms. The first-order chi connectivity index (χ1) is 8.94. The Morgan fingerprint density at radius 3 is 1.80 bits per heavy atom. The number of carbonyl (C=O) groups is 1. The fourth-order valence-electron chi connectivity index (χ4n) is 1.48. The van der Waals surface area contributed by atoms with Crippen LogP contribution in [0, 0.1) is 5.92 Å². The molecule has 0 radical (unpaired) electrons. The van der Waals surface area contributed by atoms with E-state index in [9.17, 15) is 31.1 Å². The summed E-state index contributed by atoms with van der Waals surface area (Å²) in [5, 5.41) is 0. The summed E-state index contributed by atoms with van der Waals surface area (Å²) in [6, 6.07) is 4.82. The maximum Gasteiger partial charge on any atom is 0.409 e. The van der Waals surface area contributed by atoms with Crippen molar-refractivity contribution in [2.24, 2.45) is 5.92 Å². The Morgan fingerprint density at radius 2 is 1.45 bits per heavy atom. The Hall–Kier alpha value is -1.93. The van der Waals surface area contributed by atoms with Crippen LogP contribution in [0.4, 0.5) is 37.7 Å². The Morgan fingerprint density at radius 1 is 1.05 bits per heavy atom. The van der Waals surface area contributed by atoms with E-state index < -0.39 is 24.2 Å². The summed E-state index contributed by atoms with van der Waals surface area (Å²) in [6.07, 6.45) is -11.4. The maximum atomic E-state index is 12.4. The number of rotatable bonds is 2. The van der Waals surface area contributed by atoms with Crippen LogP contribution in [-0.4, -0.2) is 25.3 Å². The van der Waals surface area contributed by atoms with Crippen molar-refractivity contribution in [3.63, 3.8) is 0 Å². The van der Waals surface area contributed by atoms with Crippen molar-refractivity contribution in [2.75, 3.05) is 17.7 Å². The zero-order chi connectivity index (χ0) is 15.7. The van der Waals surface area contributed by atoms with Gasteiger partial charge in [0.1, 0.15) is 0 Å². The molecule has 0 aliphatic heterocycles. The van der Waals surface area contributed by atoms with Crippen LogP contribution in [0.2, 0.25) is 0 Å². The highest BCUT2D eigenvalue weighted by Crippen LogP contribution is 2.40. The number of nitrogen functional groups attached to an aromatic ring is 1. The highest BCUT2D eigenvalue weighted by Gasteiger charge is 2.61. The van der Waals surface area contributed by atoms with E-state index in [1.54, 1.807) is 0 Å². The molecule has 0 unspecified atom stereocenters. The number of alkyl halides is 6. The largest absolute Gasteiger partial charge is 0.409 e. The van der Waals surface area contributed by atoms with E-state index in [4.69, 9.17) is 5.73 Å². The Labute approximate surface area is 110 Å². The van der Waals surface area contributed by atoms with Crippen LogP contribution in [-0.2, 0) is 4.79 Å². The molecule has 1 rings (SSSR count). The van der Waals surface area contributed by atoms with Crippen molar-refractivity contribution < 1.29 is 31.1 Å². The zero-order valence-corrected chi connectivity index (χ0v) is 10.1. The molecule has 0 aliphatic carbocycles. The van der Waals surface area contributed by atoms with Gasteiger partial charge in [0.15, 0.2) is 0 Å². The highest BCUT2D eigenvalue weighted by molar-refractivity contribution is 5.95. The lowest BCUT2D eigenvalue weighted by Crippen LogP contribution is -2.48. The van der Waals surface area contributed by atoms with E-state index in [1.165, 1.54) is 12.1 Å². The molecule has 9 heteroatoms. The van der Waals surface area contributed by atoms with Gasteiger partial charge in [-0.2, -0.15) is 26.3 Å². The molecule has 0 spiro atoms. The molecular weight excluding hydrogens is 290 g/mol. The van der Waals surface area contributed by atoms with Crippen molar-refractivity contribution >= 4 is 17.3 Å². The molecule has 0 saturated carbocycles. The molecule has 20 heavy (non-hydrogen) atoms. The zero-order valence-electron chi connectivity index (χ0n) is 10.1. The van der Waals surface area contributed by atoms with Gasteiger partial charge in [0.2, 0.25) is 11.8 Å². The quantitative estimate of drug-likeness (QED) is 0.674. The molecule has 2 N–H and O–H groups in total. The van der Waals surface area contributed by atoms with E-state index in [0.29, 0.717) is 4.90 Å². The van der Waals surface area contributed by atoms with Crippen LogP contribution < -0.4 is 10.6 Å². The number of hydrogen-bond acceptors (Lipinski definition) is 2. The summed E-state index contributed by atoms with van der Waals surface area (Å²) in [4.78, 5) is 11.8. The van der Waals surface area contributed by atoms with Crippen LogP contribution >= 0.6 is 0 Å². The van der Waals surface area contributed by atoms with E-state index in [2.05, 4.69) is 0 Å². The lowest BCUT2D eigenvalue weighted by Gasteiger charge is -2.27. The fraction of sp³-hybridized carbons (Fsp3) is 0.364. The van der Waals surface area contributed by atoms with Crippen LogP contribution in [0.3, 0.4) is 0 Å². The number of anilines is 2. The minimum atomic E-state index is -5.71. The van der Waals surface area contributed by atoms with Gasteiger partial charge in [-0.05, 0) is 24.3 Å². The number of halogens is 6. The molecule has 1 aromatic carbocycles. The SMILES string of the molecule is CN(C(=O)C(C(F)(F)F)C(F)(F)F)c1ccc(N)cc1. The number of nitrogens with two attached hydrogens (primary N) is 1. The first kappa shape index (κ1) is 16.1. The number of hydrogen-bond donors (Lipinski definition) is 1. The van der Waals surface area contributed by atoms with Crippen LogP contribution in [0.15, 0.2) is 24.3 Å². The van der Waals surface area contributed by atoms with Gasteiger partial charge < -0.3 is 10.6 Å². The Kier molecular flexibility index (Phi) is 4.21. The Balaban J connectivity index is 3.10. The van der Waals surface area contributed by atoms with Crippen LogP contribution in [0.5, 0.6) is 0 Å². The third kappa shape index (κ3) is 3.55. The topological polar surface area (TPSA) is 46.3 Å². The van der Waals surface area contributed by atoms with Gasteiger partial charge in [-0.15, -0.1) is 0 Å². The molecule has 0 saturated heterocycles. The Bertz CT molecular complexity index is 465. The summed E-state index contributed by atoms with van der Waals surface area (Å²) in [5.74, 6) is -6.16. The van der Waals surface area contributed by atoms with E-state index in [-0.39, 0.29) is 11.4 Å². The number of benzene rings is 1. The number of carbonyl (C=O) groups excluding carboxylic acids is 1. The van der Waals surface area contributed by atoms with Gasteiger partial charge in [0, 0.05) is 18.4 Å². The normalized spacial score (nSPS) is 12.6. The van der Waals surface area contributed by atoms with Crippen molar-refractivity contribution in [3.8, 4) is 0 Å². The van der Waals surface area contributed by atoms with Crippen molar-refractivity contribution in [1.29, 1.82) is 0 Å². The molecule has 0 aromatic heterocycles. The summed E-state index contributed by atoms with van der Waals surface area (Å²) < 4.78 is 74.5. The average molecular weight is 300 g/mol. The number of nitrogens with zero attached hydrogens (tertiary/aromatic N) is 1. The molecule has 112 valence electrons. The summed E-state index contributed by atoms with van der Waals surface area (Å²) in [7, 11) is 0.832. The minimum absolute atomic E-state index is 0.122. The second kappa shape index (κ2) is 5.22. The van der Waals surface area contributed by atoms with Crippen LogP contribution in [0.1, 0.15) is 0 Å². The fourth-order valence-corrected chi connectivity index (χ4v) is 1.48. The lowest BCUT2D eigenvalue weighted by atomic mass is 10.1. The first-order valence-electron chi connectivity index (χ1n) is 5.21.